The van der Waals surface area contributed by atoms with Gasteiger partial charge in [-0.1, -0.05) is 36.8 Å². The minimum atomic E-state index is 0. The highest BCUT2D eigenvalue weighted by Gasteiger charge is 2.26. The smallest absolute Gasteiger partial charge is 0.191 e. The summed E-state index contributed by atoms with van der Waals surface area (Å²) in [5.74, 6) is 0.959. The third-order valence-corrected chi connectivity index (χ3v) is 5.98. The molecule has 2 aliphatic rings. The highest BCUT2D eigenvalue weighted by atomic mass is 127. The molecule has 2 aliphatic heterocycles. The van der Waals surface area contributed by atoms with Crippen molar-refractivity contribution in [1.82, 2.24) is 20.4 Å². The summed E-state index contributed by atoms with van der Waals surface area (Å²) in [6.45, 7) is 9.14. The number of likely N-dealkylation sites (tertiary alicyclic amines) is 2. The van der Waals surface area contributed by atoms with E-state index in [0.717, 1.165) is 32.1 Å². The van der Waals surface area contributed by atoms with Crippen molar-refractivity contribution >= 4 is 29.9 Å². The zero-order valence-electron chi connectivity index (χ0n) is 17.6. The third-order valence-electron chi connectivity index (χ3n) is 5.98. The summed E-state index contributed by atoms with van der Waals surface area (Å²) in [6.07, 6.45) is 6.44. The number of guanidine groups is 1. The molecule has 0 radical (unpaired) electrons. The largest absolute Gasteiger partial charge is 0.355 e. The van der Waals surface area contributed by atoms with Gasteiger partial charge in [0.2, 0.25) is 0 Å². The van der Waals surface area contributed by atoms with Crippen LogP contribution in [0.5, 0.6) is 0 Å². The number of piperidine rings is 2. The summed E-state index contributed by atoms with van der Waals surface area (Å²) in [6, 6.07) is 11.9. The molecular weight excluding hydrogens is 461 g/mol. The molecule has 0 aliphatic carbocycles. The average Bonchev–Trinajstić information content (AvgIpc) is 2.71. The molecule has 2 unspecified atom stereocenters. The van der Waals surface area contributed by atoms with Gasteiger partial charge in [0.05, 0.1) is 0 Å². The fourth-order valence-electron chi connectivity index (χ4n) is 4.31. The fourth-order valence-corrected chi connectivity index (χ4v) is 4.31. The number of halogens is 1. The summed E-state index contributed by atoms with van der Waals surface area (Å²) >= 11 is 0. The maximum Gasteiger partial charge on any atom is 0.191 e. The topological polar surface area (TPSA) is 42.9 Å². The summed E-state index contributed by atoms with van der Waals surface area (Å²) in [4.78, 5) is 9.60. The highest BCUT2D eigenvalue weighted by molar-refractivity contribution is 14.0. The van der Waals surface area contributed by atoms with Gasteiger partial charge in [-0.15, -0.1) is 24.0 Å². The number of nitrogens with zero attached hydrogens (tertiary/aromatic N) is 3. The second-order valence-corrected chi connectivity index (χ2v) is 8.07. The predicted octanol–water partition coefficient (Wildman–Crippen LogP) is 3.31. The SMILES string of the molecule is CN=C(NCCN1CCCCC1)NC1CCN(Cc2ccccc2)C(C)C1.I. The van der Waals surface area contributed by atoms with Crippen LogP contribution in [0.4, 0.5) is 0 Å². The number of hydrogen-bond acceptors (Lipinski definition) is 3. The Morgan fingerprint density at radius 3 is 2.54 bits per heavy atom. The maximum atomic E-state index is 4.44. The van der Waals surface area contributed by atoms with Gasteiger partial charge in [0.25, 0.3) is 0 Å². The predicted molar refractivity (Wildman–Crippen MR) is 130 cm³/mol. The van der Waals surface area contributed by atoms with E-state index >= 15 is 0 Å². The van der Waals surface area contributed by atoms with E-state index in [2.05, 4.69) is 62.7 Å². The van der Waals surface area contributed by atoms with Crippen molar-refractivity contribution in [2.75, 3.05) is 39.8 Å². The normalized spacial score (nSPS) is 24.4. The zero-order chi connectivity index (χ0) is 18.9. The molecule has 0 amide bonds. The molecule has 2 saturated heterocycles. The molecule has 0 saturated carbocycles. The van der Waals surface area contributed by atoms with Gasteiger partial charge in [-0.25, -0.2) is 0 Å². The molecule has 5 nitrogen and oxygen atoms in total. The molecule has 2 atom stereocenters. The van der Waals surface area contributed by atoms with Crippen molar-refractivity contribution in [2.45, 2.75) is 57.7 Å². The van der Waals surface area contributed by atoms with Crippen LogP contribution in [0.25, 0.3) is 0 Å². The van der Waals surface area contributed by atoms with Gasteiger partial charge in [0, 0.05) is 45.3 Å². The summed E-state index contributed by atoms with van der Waals surface area (Å²) in [5.41, 5.74) is 1.41. The molecule has 28 heavy (non-hydrogen) atoms. The second-order valence-electron chi connectivity index (χ2n) is 8.07. The molecule has 2 N–H and O–H groups in total. The number of benzene rings is 1. The van der Waals surface area contributed by atoms with Crippen LogP contribution in [0.3, 0.4) is 0 Å². The minimum absolute atomic E-state index is 0. The van der Waals surface area contributed by atoms with Crippen LogP contribution in [0.15, 0.2) is 35.3 Å². The number of hydrogen-bond donors (Lipinski definition) is 2. The molecule has 1 aromatic rings. The Balaban J connectivity index is 0.00000280. The minimum Gasteiger partial charge on any atom is -0.355 e. The number of nitrogens with one attached hydrogen (secondary N) is 2. The lowest BCUT2D eigenvalue weighted by Crippen LogP contribution is -2.52. The van der Waals surface area contributed by atoms with Crippen molar-refractivity contribution in [3.8, 4) is 0 Å². The molecule has 2 heterocycles. The summed E-state index contributed by atoms with van der Waals surface area (Å²) in [7, 11) is 1.88. The van der Waals surface area contributed by atoms with Crippen LogP contribution in [0.2, 0.25) is 0 Å². The first-order chi connectivity index (χ1) is 13.2. The van der Waals surface area contributed by atoms with Crippen LogP contribution in [-0.2, 0) is 6.54 Å². The zero-order valence-corrected chi connectivity index (χ0v) is 19.9. The van der Waals surface area contributed by atoms with Crippen LogP contribution < -0.4 is 10.6 Å². The average molecular weight is 499 g/mol. The van der Waals surface area contributed by atoms with E-state index in [-0.39, 0.29) is 24.0 Å². The van der Waals surface area contributed by atoms with Gasteiger partial charge in [0.15, 0.2) is 5.96 Å². The Labute approximate surface area is 188 Å². The van der Waals surface area contributed by atoms with Crippen molar-refractivity contribution in [1.29, 1.82) is 0 Å². The Bertz CT molecular complexity index is 574. The standard InChI is InChI=1S/C22H37N5.HI/c1-19-17-21(11-15-27(19)18-20-9-5-3-6-10-20)25-22(23-2)24-12-16-26-13-7-4-8-14-26;/h3,5-6,9-10,19,21H,4,7-8,11-18H2,1-2H3,(H2,23,24,25);1H. The summed E-state index contributed by atoms with van der Waals surface area (Å²) in [5, 5.41) is 7.17. The Hall–Kier alpha value is -0.860. The molecule has 0 spiro atoms. The number of rotatable bonds is 6. The lowest BCUT2D eigenvalue weighted by molar-refractivity contribution is 0.134. The van der Waals surface area contributed by atoms with Crippen LogP contribution >= 0.6 is 24.0 Å². The molecule has 158 valence electrons. The van der Waals surface area contributed by atoms with E-state index in [9.17, 15) is 0 Å². The van der Waals surface area contributed by atoms with Crippen LogP contribution in [-0.4, -0.2) is 67.6 Å². The Morgan fingerprint density at radius 1 is 1.11 bits per heavy atom. The van der Waals surface area contributed by atoms with Crippen molar-refractivity contribution < 1.29 is 0 Å². The van der Waals surface area contributed by atoms with Gasteiger partial charge in [0.1, 0.15) is 0 Å². The Kier molecular flexibility index (Phi) is 10.6. The molecule has 3 rings (SSSR count). The molecule has 0 bridgehead atoms. The van der Waals surface area contributed by atoms with Gasteiger partial charge in [-0.05, 0) is 51.3 Å². The fraction of sp³-hybridized carbons (Fsp3) is 0.682. The van der Waals surface area contributed by atoms with Crippen LogP contribution in [0, 0.1) is 0 Å². The van der Waals surface area contributed by atoms with Gasteiger partial charge < -0.3 is 15.5 Å². The molecule has 6 heteroatoms. The molecule has 1 aromatic carbocycles. The van der Waals surface area contributed by atoms with Crippen molar-refractivity contribution in [3.05, 3.63) is 35.9 Å². The van der Waals surface area contributed by atoms with E-state index in [0.29, 0.717) is 12.1 Å². The molecular formula is C22H38IN5. The van der Waals surface area contributed by atoms with Gasteiger partial charge in [-0.2, -0.15) is 0 Å². The maximum absolute atomic E-state index is 4.44. The molecule has 2 fully saturated rings. The van der Waals surface area contributed by atoms with E-state index in [4.69, 9.17) is 0 Å². The van der Waals surface area contributed by atoms with E-state index in [1.165, 1.54) is 50.8 Å². The first kappa shape index (κ1) is 23.4. The number of aliphatic imine (C=N–C) groups is 1. The van der Waals surface area contributed by atoms with Gasteiger partial charge in [-0.3, -0.25) is 9.89 Å². The van der Waals surface area contributed by atoms with E-state index < -0.39 is 0 Å². The van der Waals surface area contributed by atoms with Crippen LogP contribution in [0.1, 0.15) is 44.6 Å². The van der Waals surface area contributed by atoms with E-state index in [1.807, 2.05) is 7.05 Å². The lowest BCUT2D eigenvalue weighted by Gasteiger charge is -2.38. The second kappa shape index (κ2) is 12.6. The lowest BCUT2D eigenvalue weighted by atomic mass is 9.97. The molecule has 0 aromatic heterocycles. The summed E-state index contributed by atoms with van der Waals surface area (Å²) < 4.78 is 0. The first-order valence-electron chi connectivity index (χ1n) is 10.7. The monoisotopic (exact) mass is 499 g/mol. The van der Waals surface area contributed by atoms with E-state index in [1.54, 1.807) is 0 Å². The first-order valence-corrected chi connectivity index (χ1v) is 10.7. The highest BCUT2D eigenvalue weighted by Crippen LogP contribution is 2.19. The third kappa shape index (κ3) is 7.52. The van der Waals surface area contributed by atoms with Gasteiger partial charge >= 0.3 is 0 Å². The quantitative estimate of drug-likeness (QED) is 0.358. The Morgan fingerprint density at radius 2 is 1.86 bits per heavy atom. The van der Waals surface area contributed by atoms with Crippen molar-refractivity contribution in [2.24, 2.45) is 4.99 Å². The van der Waals surface area contributed by atoms with Crippen molar-refractivity contribution in [3.63, 3.8) is 0 Å².